The molecule has 102 valence electrons. The number of nitrogens with one attached hydrogen (secondary N) is 1. The highest BCUT2D eigenvalue weighted by atomic mass is 16.2. The lowest BCUT2D eigenvalue weighted by Gasteiger charge is -2.23. The molecule has 0 spiro atoms. The Kier molecular flexibility index (Phi) is 3.24. The van der Waals surface area contributed by atoms with E-state index in [0.29, 0.717) is 5.92 Å². The Morgan fingerprint density at radius 1 is 1.20 bits per heavy atom. The van der Waals surface area contributed by atoms with Gasteiger partial charge in [0.15, 0.2) is 6.17 Å². The Balaban J connectivity index is 2.12. The minimum atomic E-state index is -0.857. The second-order valence-corrected chi connectivity index (χ2v) is 5.15. The summed E-state index contributed by atoms with van der Waals surface area (Å²) in [6, 6.07) is 7.71. The number of amides is 1. The summed E-state index contributed by atoms with van der Waals surface area (Å²) < 4.78 is 0. The number of rotatable bonds is 1. The Labute approximate surface area is 118 Å². The number of hydrogen-bond donors (Lipinski definition) is 2. The SMILES string of the molecule is CC1C=CC=CC1C1=NC(N)C(=O)Nc2ccccc21. The zero-order valence-corrected chi connectivity index (χ0v) is 11.3. The second-order valence-electron chi connectivity index (χ2n) is 5.15. The van der Waals surface area contributed by atoms with Gasteiger partial charge in [0.25, 0.3) is 5.91 Å². The van der Waals surface area contributed by atoms with Gasteiger partial charge in [0, 0.05) is 17.2 Å². The van der Waals surface area contributed by atoms with Gasteiger partial charge in [-0.25, -0.2) is 0 Å². The van der Waals surface area contributed by atoms with Gasteiger partial charge in [-0.2, -0.15) is 0 Å². The maximum absolute atomic E-state index is 11.9. The Hall–Kier alpha value is -2.20. The van der Waals surface area contributed by atoms with Crippen molar-refractivity contribution in [2.75, 3.05) is 5.32 Å². The van der Waals surface area contributed by atoms with E-state index in [1.807, 2.05) is 36.4 Å². The summed E-state index contributed by atoms with van der Waals surface area (Å²) in [4.78, 5) is 16.4. The molecule has 0 aromatic heterocycles. The largest absolute Gasteiger partial charge is 0.322 e. The quantitative estimate of drug-likeness (QED) is 0.818. The fourth-order valence-electron chi connectivity index (χ4n) is 2.62. The van der Waals surface area contributed by atoms with Crippen LogP contribution in [-0.2, 0) is 4.79 Å². The molecule has 0 saturated heterocycles. The highest BCUT2D eigenvalue weighted by Crippen LogP contribution is 2.29. The molecule has 3 N–H and O–H groups in total. The predicted molar refractivity (Wildman–Crippen MR) is 80.5 cm³/mol. The first-order chi connectivity index (χ1) is 9.66. The third-order valence-corrected chi connectivity index (χ3v) is 3.73. The predicted octanol–water partition coefficient (Wildman–Crippen LogP) is 2.09. The van der Waals surface area contributed by atoms with E-state index in [2.05, 4.69) is 29.4 Å². The number of benzene rings is 1. The van der Waals surface area contributed by atoms with Crippen LogP contribution in [0.15, 0.2) is 53.6 Å². The molecular formula is C16H17N3O. The van der Waals surface area contributed by atoms with E-state index in [1.54, 1.807) is 0 Å². The smallest absolute Gasteiger partial charge is 0.263 e. The maximum atomic E-state index is 11.9. The number of nitrogens with two attached hydrogens (primary N) is 1. The Morgan fingerprint density at radius 2 is 1.95 bits per heavy atom. The molecule has 1 aliphatic heterocycles. The highest BCUT2D eigenvalue weighted by Gasteiger charge is 2.28. The number of allylic oxidation sites excluding steroid dienone is 4. The number of carbonyl (C=O) groups is 1. The summed E-state index contributed by atoms with van der Waals surface area (Å²) >= 11 is 0. The summed E-state index contributed by atoms with van der Waals surface area (Å²) in [6.45, 7) is 2.14. The monoisotopic (exact) mass is 267 g/mol. The summed E-state index contributed by atoms with van der Waals surface area (Å²) in [5, 5.41) is 2.84. The van der Waals surface area contributed by atoms with Crippen LogP contribution in [-0.4, -0.2) is 17.8 Å². The lowest BCUT2D eigenvalue weighted by molar-refractivity contribution is -0.117. The summed E-state index contributed by atoms with van der Waals surface area (Å²) in [5.74, 6) is 0.197. The highest BCUT2D eigenvalue weighted by molar-refractivity contribution is 6.13. The number of hydrogen-bond acceptors (Lipinski definition) is 3. The van der Waals surface area contributed by atoms with Crippen LogP contribution in [0.1, 0.15) is 12.5 Å². The Morgan fingerprint density at radius 3 is 2.75 bits per heavy atom. The molecule has 4 heteroatoms. The minimum absolute atomic E-state index is 0.139. The number of carbonyl (C=O) groups excluding carboxylic acids is 1. The normalized spacial score (nSPS) is 28.4. The van der Waals surface area contributed by atoms with Gasteiger partial charge in [0.05, 0.1) is 5.71 Å². The van der Waals surface area contributed by atoms with Crippen LogP contribution >= 0.6 is 0 Å². The van der Waals surface area contributed by atoms with Gasteiger partial charge >= 0.3 is 0 Å². The summed E-state index contributed by atoms with van der Waals surface area (Å²) in [6.07, 6.45) is 7.45. The molecule has 3 atom stereocenters. The Bertz CT molecular complexity index is 630. The summed E-state index contributed by atoms with van der Waals surface area (Å²) in [7, 11) is 0. The molecule has 0 fully saturated rings. The molecule has 3 rings (SSSR count). The molecule has 0 radical (unpaired) electrons. The molecule has 3 unspecified atom stereocenters. The van der Waals surface area contributed by atoms with E-state index >= 15 is 0 Å². The van der Waals surface area contributed by atoms with Crippen molar-refractivity contribution in [3.8, 4) is 0 Å². The maximum Gasteiger partial charge on any atom is 0.263 e. The first-order valence-electron chi connectivity index (χ1n) is 6.75. The van der Waals surface area contributed by atoms with Crippen molar-refractivity contribution < 1.29 is 4.79 Å². The molecule has 1 amide bonds. The first kappa shape index (κ1) is 12.8. The molecule has 20 heavy (non-hydrogen) atoms. The van der Waals surface area contributed by atoms with Gasteiger partial charge < -0.3 is 11.1 Å². The van der Waals surface area contributed by atoms with Gasteiger partial charge in [-0.3, -0.25) is 9.79 Å². The van der Waals surface area contributed by atoms with Crippen molar-refractivity contribution >= 4 is 17.3 Å². The third-order valence-electron chi connectivity index (χ3n) is 3.73. The topological polar surface area (TPSA) is 67.5 Å². The number of benzodiazepines with no additional fused rings is 1. The molecule has 1 heterocycles. The van der Waals surface area contributed by atoms with Crippen molar-refractivity contribution in [3.05, 3.63) is 54.1 Å². The van der Waals surface area contributed by atoms with E-state index < -0.39 is 6.17 Å². The minimum Gasteiger partial charge on any atom is -0.322 e. The van der Waals surface area contributed by atoms with Gasteiger partial charge in [-0.05, 0) is 12.0 Å². The number of aliphatic imine (C=N–C) groups is 1. The first-order valence-corrected chi connectivity index (χ1v) is 6.75. The zero-order chi connectivity index (χ0) is 14.1. The number of nitrogens with zero attached hydrogens (tertiary/aromatic N) is 1. The lowest BCUT2D eigenvalue weighted by Crippen LogP contribution is -2.33. The van der Waals surface area contributed by atoms with Crippen LogP contribution in [0.3, 0.4) is 0 Å². The average molecular weight is 267 g/mol. The standard InChI is InChI=1S/C16H17N3O/c1-10-6-2-3-7-11(10)14-12-8-4-5-9-13(12)18-16(20)15(17)19-14/h2-11,15H,17H2,1H3,(H,18,20). The van der Waals surface area contributed by atoms with Crippen molar-refractivity contribution in [3.63, 3.8) is 0 Å². The van der Waals surface area contributed by atoms with Crippen molar-refractivity contribution in [1.29, 1.82) is 0 Å². The number of anilines is 1. The van der Waals surface area contributed by atoms with Crippen LogP contribution in [0, 0.1) is 11.8 Å². The van der Waals surface area contributed by atoms with E-state index in [4.69, 9.17) is 5.73 Å². The van der Waals surface area contributed by atoms with Crippen LogP contribution in [0.25, 0.3) is 0 Å². The van der Waals surface area contributed by atoms with E-state index in [1.165, 1.54) is 0 Å². The van der Waals surface area contributed by atoms with E-state index in [0.717, 1.165) is 17.0 Å². The van der Waals surface area contributed by atoms with Crippen LogP contribution < -0.4 is 11.1 Å². The van der Waals surface area contributed by atoms with Crippen molar-refractivity contribution in [1.82, 2.24) is 0 Å². The van der Waals surface area contributed by atoms with Gasteiger partial charge in [-0.15, -0.1) is 0 Å². The second kappa shape index (κ2) is 5.06. The fourth-order valence-corrected chi connectivity index (χ4v) is 2.62. The zero-order valence-electron chi connectivity index (χ0n) is 11.3. The molecule has 4 nitrogen and oxygen atoms in total. The van der Waals surface area contributed by atoms with Crippen molar-refractivity contribution in [2.45, 2.75) is 13.1 Å². The lowest BCUT2D eigenvalue weighted by atomic mass is 9.83. The van der Waals surface area contributed by atoms with Crippen LogP contribution in [0.2, 0.25) is 0 Å². The van der Waals surface area contributed by atoms with Crippen LogP contribution in [0.4, 0.5) is 5.69 Å². The summed E-state index contributed by atoms with van der Waals surface area (Å²) in [5.41, 5.74) is 8.46. The molecule has 1 aromatic carbocycles. The molecule has 1 aromatic rings. The average Bonchev–Trinajstić information content (AvgIpc) is 2.57. The van der Waals surface area contributed by atoms with Crippen LogP contribution in [0.5, 0.6) is 0 Å². The molecule has 2 aliphatic rings. The molecular weight excluding hydrogens is 250 g/mol. The van der Waals surface area contributed by atoms with Gasteiger partial charge in [0.2, 0.25) is 0 Å². The van der Waals surface area contributed by atoms with Crippen molar-refractivity contribution in [2.24, 2.45) is 22.6 Å². The molecule has 0 saturated carbocycles. The third kappa shape index (κ3) is 2.18. The van der Waals surface area contributed by atoms with Gasteiger partial charge in [0.1, 0.15) is 0 Å². The van der Waals surface area contributed by atoms with E-state index in [9.17, 15) is 4.79 Å². The number of para-hydroxylation sites is 1. The van der Waals surface area contributed by atoms with E-state index in [-0.39, 0.29) is 11.8 Å². The fraction of sp³-hybridized carbons (Fsp3) is 0.250. The van der Waals surface area contributed by atoms with Gasteiger partial charge in [-0.1, -0.05) is 49.4 Å². The molecule has 1 aliphatic carbocycles. The molecule has 0 bridgehead atoms. The number of fused-ring (bicyclic) bond motifs is 1.